The van der Waals surface area contributed by atoms with E-state index in [2.05, 4.69) is 39.2 Å². The Labute approximate surface area is 148 Å². The van der Waals surface area contributed by atoms with E-state index in [1.54, 1.807) is 13.2 Å². The van der Waals surface area contributed by atoms with Crippen LogP contribution in [0.1, 0.15) is 35.8 Å². The molecule has 1 N–H and O–H groups in total. The second-order valence-corrected chi connectivity index (χ2v) is 6.53. The van der Waals surface area contributed by atoms with Gasteiger partial charge in [-0.1, -0.05) is 24.3 Å². The van der Waals surface area contributed by atoms with Crippen LogP contribution in [0.2, 0.25) is 0 Å². The molecule has 1 aliphatic rings. The number of benzene rings is 1. The summed E-state index contributed by atoms with van der Waals surface area (Å²) in [5, 5.41) is 0. The summed E-state index contributed by atoms with van der Waals surface area (Å²) in [6, 6.07) is 9.69. The number of rotatable bonds is 5. The Hall–Kier alpha value is -2.40. The molecule has 2 aromatic rings. The predicted molar refractivity (Wildman–Crippen MR) is 100 cm³/mol. The normalized spacial score (nSPS) is 18.6. The molecule has 0 unspecified atom stereocenters. The smallest absolute Gasteiger partial charge is 0.251 e. The van der Waals surface area contributed by atoms with Crippen LogP contribution in [-0.4, -0.2) is 41.6 Å². The van der Waals surface area contributed by atoms with Gasteiger partial charge in [0, 0.05) is 25.1 Å². The maximum atomic E-state index is 11.7. The van der Waals surface area contributed by atoms with Crippen LogP contribution < -0.4 is 10.3 Å². The summed E-state index contributed by atoms with van der Waals surface area (Å²) < 4.78 is 5.18. The molecule has 1 aromatic carbocycles. The van der Waals surface area contributed by atoms with Crippen molar-refractivity contribution in [2.75, 3.05) is 26.7 Å². The van der Waals surface area contributed by atoms with E-state index in [1.165, 1.54) is 5.56 Å². The standard InChI is InChI=1S/C20H25N3O2/c1-15-21-19(13-20(24)22-15)17-6-4-12-23(14-17)11-3-5-16-7-9-18(25-2)10-8-16/h3,5,7-10,13,17H,4,6,11-12,14H2,1-2H3,(H,21,22,24)/b5-3+/t17-/m1/s1. The SMILES string of the molecule is COc1ccc(/C=C/CN2CCC[C@@H](c3cc(=O)[nH]c(C)n3)C2)cc1. The van der Waals surface area contributed by atoms with E-state index in [1.807, 2.05) is 19.1 Å². The number of ether oxygens (including phenoxy) is 1. The topological polar surface area (TPSA) is 58.2 Å². The van der Waals surface area contributed by atoms with Gasteiger partial charge in [-0.2, -0.15) is 0 Å². The lowest BCUT2D eigenvalue weighted by molar-refractivity contribution is 0.226. The van der Waals surface area contributed by atoms with Gasteiger partial charge in [0.25, 0.3) is 5.56 Å². The number of nitrogens with zero attached hydrogens (tertiary/aromatic N) is 2. The van der Waals surface area contributed by atoms with E-state index < -0.39 is 0 Å². The second kappa shape index (κ2) is 8.12. The van der Waals surface area contributed by atoms with Crippen LogP contribution >= 0.6 is 0 Å². The number of aryl methyl sites for hydroxylation is 1. The minimum atomic E-state index is -0.0565. The summed E-state index contributed by atoms with van der Waals surface area (Å²) in [6.07, 6.45) is 6.56. The van der Waals surface area contributed by atoms with Crippen molar-refractivity contribution in [1.29, 1.82) is 0 Å². The minimum Gasteiger partial charge on any atom is -0.497 e. The third-order valence-electron chi connectivity index (χ3n) is 4.59. The molecule has 1 atom stereocenters. The lowest BCUT2D eigenvalue weighted by Gasteiger charge is -2.31. The van der Waals surface area contributed by atoms with Crippen molar-refractivity contribution < 1.29 is 4.74 Å². The van der Waals surface area contributed by atoms with Gasteiger partial charge in [0.1, 0.15) is 11.6 Å². The van der Waals surface area contributed by atoms with Crippen LogP contribution in [-0.2, 0) is 0 Å². The lowest BCUT2D eigenvalue weighted by Crippen LogP contribution is -2.35. The highest BCUT2D eigenvalue weighted by Crippen LogP contribution is 2.24. The molecule has 0 bridgehead atoms. The maximum absolute atomic E-state index is 11.7. The Morgan fingerprint density at radius 1 is 1.36 bits per heavy atom. The predicted octanol–water partition coefficient (Wildman–Crippen LogP) is 2.98. The molecule has 1 aliphatic heterocycles. The molecule has 2 heterocycles. The molecule has 1 aromatic heterocycles. The first kappa shape index (κ1) is 17.4. The van der Waals surface area contributed by atoms with Crippen LogP contribution in [0, 0.1) is 6.92 Å². The Morgan fingerprint density at radius 3 is 2.88 bits per heavy atom. The number of likely N-dealkylation sites (tertiary alicyclic amines) is 1. The molecule has 5 heteroatoms. The summed E-state index contributed by atoms with van der Waals surface area (Å²) in [6.45, 7) is 4.78. The number of aromatic amines is 1. The fourth-order valence-corrected chi connectivity index (χ4v) is 3.33. The van der Waals surface area contributed by atoms with Gasteiger partial charge in [-0.3, -0.25) is 9.69 Å². The number of nitrogens with one attached hydrogen (secondary N) is 1. The second-order valence-electron chi connectivity index (χ2n) is 6.53. The summed E-state index contributed by atoms with van der Waals surface area (Å²) in [7, 11) is 1.68. The van der Waals surface area contributed by atoms with Crippen molar-refractivity contribution in [3.63, 3.8) is 0 Å². The number of H-pyrrole nitrogens is 1. The van der Waals surface area contributed by atoms with E-state index in [0.29, 0.717) is 11.7 Å². The van der Waals surface area contributed by atoms with Crippen molar-refractivity contribution in [3.05, 3.63) is 63.8 Å². The van der Waals surface area contributed by atoms with Crippen molar-refractivity contribution in [2.24, 2.45) is 0 Å². The minimum absolute atomic E-state index is 0.0565. The van der Waals surface area contributed by atoms with Gasteiger partial charge in [0.15, 0.2) is 0 Å². The molecular formula is C20H25N3O2. The Balaban J connectivity index is 1.59. The lowest BCUT2D eigenvalue weighted by atomic mass is 9.94. The summed E-state index contributed by atoms with van der Waals surface area (Å²) >= 11 is 0. The molecule has 0 saturated carbocycles. The molecule has 5 nitrogen and oxygen atoms in total. The van der Waals surface area contributed by atoms with E-state index in [-0.39, 0.29) is 5.56 Å². The Kier molecular flexibility index (Phi) is 5.66. The Morgan fingerprint density at radius 2 is 2.16 bits per heavy atom. The van der Waals surface area contributed by atoms with Gasteiger partial charge < -0.3 is 9.72 Å². The highest BCUT2D eigenvalue weighted by molar-refractivity contribution is 5.50. The molecule has 25 heavy (non-hydrogen) atoms. The van der Waals surface area contributed by atoms with E-state index in [0.717, 1.165) is 43.9 Å². The number of aromatic nitrogens is 2. The summed E-state index contributed by atoms with van der Waals surface area (Å²) in [5.74, 6) is 1.90. The van der Waals surface area contributed by atoms with Crippen LogP contribution in [0.3, 0.4) is 0 Å². The number of methoxy groups -OCH3 is 1. The fraction of sp³-hybridized carbons (Fsp3) is 0.400. The van der Waals surface area contributed by atoms with E-state index in [4.69, 9.17) is 4.74 Å². The van der Waals surface area contributed by atoms with Gasteiger partial charge in [-0.25, -0.2) is 4.98 Å². The van der Waals surface area contributed by atoms with E-state index >= 15 is 0 Å². The van der Waals surface area contributed by atoms with Gasteiger partial charge in [-0.05, 0) is 44.0 Å². The zero-order valence-corrected chi connectivity index (χ0v) is 14.9. The van der Waals surface area contributed by atoms with Crippen LogP contribution in [0.5, 0.6) is 5.75 Å². The largest absolute Gasteiger partial charge is 0.497 e. The quantitative estimate of drug-likeness (QED) is 0.910. The van der Waals surface area contributed by atoms with Crippen molar-refractivity contribution in [3.8, 4) is 5.75 Å². The first-order chi connectivity index (χ1) is 12.1. The maximum Gasteiger partial charge on any atom is 0.251 e. The molecule has 132 valence electrons. The highest BCUT2D eigenvalue weighted by Gasteiger charge is 2.22. The molecule has 0 spiro atoms. The number of piperidine rings is 1. The molecule has 0 amide bonds. The van der Waals surface area contributed by atoms with E-state index in [9.17, 15) is 4.79 Å². The first-order valence-corrected chi connectivity index (χ1v) is 8.75. The first-order valence-electron chi connectivity index (χ1n) is 8.75. The number of hydrogen-bond acceptors (Lipinski definition) is 4. The molecule has 0 radical (unpaired) electrons. The van der Waals surface area contributed by atoms with Crippen LogP contribution in [0.25, 0.3) is 6.08 Å². The van der Waals surface area contributed by atoms with Crippen molar-refractivity contribution >= 4 is 6.08 Å². The molecule has 1 fully saturated rings. The molecule has 1 saturated heterocycles. The third-order valence-corrected chi connectivity index (χ3v) is 4.59. The average Bonchev–Trinajstić information content (AvgIpc) is 2.62. The molecular weight excluding hydrogens is 314 g/mol. The van der Waals surface area contributed by atoms with Gasteiger partial charge in [0.2, 0.25) is 0 Å². The van der Waals surface area contributed by atoms with Gasteiger partial charge in [-0.15, -0.1) is 0 Å². The third kappa shape index (κ3) is 4.79. The molecule has 0 aliphatic carbocycles. The van der Waals surface area contributed by atoms with Crippen LogP contribution in [0.4, 0.5) is 0 Å². The Bertz CT molecular complexity index is 780. The number of hydrogen-bond donors (Lipinski definition) is 1. The average molecular weight is 339 g/mol. The van der Waals surface area contributed by atoms with Crippen LogP contribution in [0.15, 0.2) is 41.2 Å². The monoisotopic (exact) mass is 339 g/mol. The van der Waals surface area contributed by atoms with Gasteiger partial charge >= 0.3 is 0 Å². The molecule has 3 rings (SSSR count). The summed E-state index contributed by atoms with van der Waals surface area (Å²) in [5.41, 5.74) is 2.03. The zero-order valence-electron chi connectivity index (χ0n) is 14.9. The highest BCUT2D eigenvalue weighted by atomic mass is 16.5. The van der Waals surface area contributed by atoms with Crippen molar-refractivity contribution in [2.45, 2.75) is 25.7 Å². The zero-order chi connectivity index (χ0) is 17.6. The van der Waals surface area contributed by atoms with Crippen molar-refractivity contribution in [1.82, 2.24) is 14.9 Å². The van der Waals surface area contributed by atoms with Gasteiger partial charge in [0.05, 0.1) is 12.8 Å². The fourth-order valence-electron chi connectivity index (χ4n) is 3.33. The summed E-state index contributed by atoms with van der Waals surface area (Å²) in [4.78, 5) is 21.3.